The summed E-state index contributed by atoms with van der Waals surface area (Å²) in [5.74, 6) is 11.0. The highest BCUT2D eigenvalue weighted by atomic mass is 19.1. The molecule has 25 nitrogen and oxygen atoms in total. The maximum atomic E-state index is 13.9. The van der Waals surface area contributed by atoms with E-state index in [4.69, 9.17) is 75.8 Å². The van der Waals surface area contributed by atoms with Gasteiger partial charge >= 0.3 is 0 Å². The van der Waals surface area contributed by atoms with Crippen LogP contribution in [0.3, 0.4) is 0 Å². The van der Waals surface area contributed by atoms with E-state index in [9.17, 15) is 29.0 Å². The molecule has 0 aromatic heterocycles. The Balaban J connectivity index is 0.000000136. The number of aromatic hydroxyl groups is 1. The number of aryl methyl sites for hydroxylation is 3. The third kappa shape index (κ3) is 18.9. The third-order valence-corrected chi connectivity index (χ3v) is 23.3. The van der Waals surface area contributed by atoms with E-state index in [1.807, 2.05) is 79.8 Å². The number of nitrogens with zero attached hydrogens (tertiary/aromatic N) is 4. The lowest BCUT2D eigenvalue weighted by Gasteiger charge is -2.37. The van der Waals surface area contributed by atoms with Crippen LogP contribution in [0.15, 0.2) is 109 Å². The second-order valence-corrected chi connectivity index (χ2v) is 30.3. The van der Waals surface area contributed by atoms with Gasteiger partial charge in [0.25, 0.3) is 0 Å². The lowest BCUT2D eigenvalue weighted by atomic mass is 9.87. The number of ether oxygens (including phenoxy) is 16. The predicted octanol–water partition coefficient (Wildman–Crippen LogP) is 13.5. The van der Waals surface area contributed by atoms with Gasteiger partial charge in [-0.25, -0.2) is 4.39 Å². The van der Waals surface area contributed by atoms with E-state index in [0.29, 0.717) is 126 Å². The van der Waals surface area contributed by atoms with Gasteiger partial charge < -0.3 is 86.0 Å². The van der Waals surface area contributed by atoms with Gasteiger partial charge in [-0.15, -0.1) is 0 Å². The number of hydrogen-bond donors (Lipinski definition) is 2. The lowest BCUT2D eigenvalue weighted by molar-refractivity contribution is -0.121. The molecule has 0 saturated heterocycles. The molecule has 8 heterocycles. The van der Waals surface area contributed by atoms with Crippen molar-refractivity contribution >= 4 is 17.3 Å². The molecule has 0 radical (unpaired) electrons. The van der Waals surface area contributed by atoms with Gasteiger partial charge in [0.2, 0.25) is 50.2 Å². The summed E-state index contributed by atoms with van der Waals surface area (Å²) < 4.78 is 102. The average molecular weight is 1610 g/mol. The van der Waals surface area contributed by atoms with E-state index in [2.05, 4.69) is 46.8 Å². The van der Waals surface area contributed by atoms with Crippen molar-refractivity contribution in [1.82, 2.24) is 19.6 Å². The highest BCUT2D eigenvalue weighted by Gasteiger charge is 2.40. The smallest absolute Gasteiger partial charge is 0.231 e. The van der Waals surface area contributed by atoms with E-state index < -0.39 is 6.10 Å². The van der Waals surface area contributed by atoms with Gasteiger partial charge in [-0.05, 0) is 197 Å². The molecule has 26 heteroatoms. The number of aliphatic hydroxyl groups excluding tert-OH is 1. The highest BCUT2D eigenvalue weighted by Crippen LogP contribution is 2.55. The minimum absolute atomic E-state index is 0.00970. The zero-order valence-corrected chi connectivity index (χ0v) is 68.9. The van der Waals surface area contributed by atoms with Gasteiger partial charge in [-0.2, -0.15) is 0 Å². The van der Waals surface area contributed by atoms with Crippen molar-refractivity contribution in [1.29, 1.82) is 0 Å². The van der Waals surface area contributed by atoms with E-state index >= 15 is 0 Å². The normalized spacial score (nSPS) is 18.0. The standard InChI is InChI=1S/C24H29NO6.C23H29NO6.C23H27NO5.C21H22FNO4/c1-25-10-9-16-12-21-23(31-14-30-21)24(29-4)22(16)18(25)13-17(26)7-5-15-6-8-19(27-2)20(11-15)28-3;1-24-9-8-15-11-20-22(30-13-29-20)23(28-3)21(15)17(24)12-16(25)6-4-14-5-7-18(26)19(10-14)27-2;1-24-11-10-16-12-20-22(29-14-28-20)23(27-3)21(16)19(24)13-17(25)7-4-15-5-8-18(26-2)9-6-15;1-23-8-7-14-10-18-20(27-12-26-18)21(25-2)19(14)17(23)11-15(24)9-13-5-3-4-6-16(13)22/h6,8,11-12,18H,5,7,9-10,13-14H2,1-4H3;5,7,10-11,16-17,25-26H,4,6,8-9,12-13H2,1-3H3;5-6,8-9,12,19H,4,7,10-11,13-14H2,1-3H3;3-6,10,17H,7-9,11-12H2,1-2H3. The van der Waals surface area contributed by atoms with Crippen LogP contribution in [0.25, 0.3) is 0 Å². The molecule has 16 rings (SSSR count). The van der Waals surface area contributed by atoms with Gasteiger partial charge in [0.1, 0.15) is 28.9 Å². The van der Waals surface area contributed by atoms with Crippen molar-refractivity contribution in [3.63, 3.8) is 0 Å². The molecule has 0 bridgehead atoms. The van der Waals surface area contributed by atoms with Crippen LogP contribution in [0.4, 0.5) is 4.39 Å². The Labute approximate surface area is 683 Å². The summed E-state index contributed by atoms with van der Waals surface area (Å²) in [5.41, 5.74) is 12.4. The third-order valence-electron chi connectivity index (χ3n) is 23.3. The second-order valence-electron chi connectivity index (χ2n) is 30.3. The molecular formula is C91H107FN4O21. The SMILES string of the molecule is COc1c2c(cc3c1C(CC(=O)Cc1ccccc1F)N(C)CC3)OCO2.COc1cc(CCC(O)CC2c3c(cc4c(c3OC)OCO4)CCN2C)ccc1O.COc1ccc(CCC(=O)CC2c3c(cc4c(c3OC)OCO4)CCN2C)cc1.COc1ccc(CCC(=O)CC2c3c(cc4c(c3OC)OCO4)CCN2C)cc1OC. The molecule has 0 fully saturated rings. The first-order valence-corrected chi connectivity index (χ1v) is 39.7. The van der Waals surface area contributed by atoms with Crippen LogP contribution in [0.1, 0.15) is 136 Å². The molecule has 2 N–H and O–H groups in total. The van der Waals surface area contributed by atoms with E-state index in [-0.39, 0.29) is 93.1 Å². The van der Waals surface area contributed by atoms with E-state index in [0.717, 1.165) is 131 Å². The van der Waals surface area contributed by atoms with Crippen molar-refractivity contribution in [3.05, 3.63) is 182 Å². The van der Waals surface area contributed by atoms with E-state index in [1.54, 1.807) is 74.0 Å². The van der Waals surface area contributed by atoms with Crippen molar-refractivity contribution in [2.45, 2.75) is 127 Å². The number of aliphatic hydroxyl groups is 1. The lowest BCUT2D eigenvalue weighted by Crippen LogP contribution is -2.34. The zero-order valence-electron chi connectivity index (χ0n) is 68.9. The number of halogens is 1. The van der Waals surface area contributed by atoms with Crippen LogP contribution < -0.4 is 75.8 Å². The number of methoxy groups -OCH3 is 8. The van der Waals surface area contributed by atoms with Gasteiger partial charge in [-0.1, -0.05) is 42.5 Å². The minimum Gasteiger partial charge on any atom is -0.504 e. The number of Topliss-reactive ketones (excluding diaryl/α,β-unsaturated/α-hetero) is 3. The summed E-state index contributed by atoms with van der Waals surface area (Å²) >= 11 is 0. The van der Waals surface area contributed by atoms with Gasteiger partial charge in [0, 0.05) is 111 Å². The number of rotatable bonds is 27. The van der Waals surface area contributed by atoms with Gasteiger partial charge in [0.15, 0.2) is 69.0 Å². The number of hydrogen-bond acceptors (Lipinski definition) is 25. The number of carbonyl (C=O) groups is 3. The van der Waals surface area contributed by atoms with Crippen LogP contribution in [0.5, 0.6) is 97.7 Å². The van der Waals surface area contributed by atoms with Gasteiger partial charge in [-0.3, -0.25) is 34.0 Å². The first kappa shape index (κ1) is 84.0. The summed E-state index contributed by atoms with van der Waals surface area (Å²) in [6.07, 6.45) is 8.54. The second kappa shape index (κ2) is 38.5. The number of fused-ring (bicyclic) bond motifs is 8. The molecule has 0 saturated carbocycles. The highest BCUT2D eigenvalue weighted by molar-refractivity contribution is 5.83. The molecule has 5 unspecified atom stereocenters. The summed E-state index contributed by atoms with van der Waals surface area (Å²) in [6.45, 7) is 4.27. The topological polar surface area (TPSA) is 252 Å². The zero-order chi connectivity index (χ0) is 82.6. The van der Waals surface area contributed by atoms with Gasteiger partial charge in [0.05, 0.1) is 63.0 Å². The fourth-order valence-electron chi connectivity index (χ4n) is 16.9. The molecule has 8 aliphatic heterocycles. The Morgan fingerprint density at radius 1 is 0.419 bits per heavy atom. The Kier molecular flexibility index (Phi) is 27.6. The van der Waals surface area contributed by atoms with E-state index in [1.165, 1.54) is 24.3 Å². The molecule has 0 amide bonds. The number of carbonyl (C=O) groups excluding carboxylic acids is 3. The molecule has 8 aromatic rings. The maximum absolute atomic E-state index is 13.9. The van der Waals surface area contributed by atoms with Crippen LogP contribution in [0, 0.1) is 5.82 Å². The Morgan fingerprint density at radius 2 is 0.795 bits per heavy atom. The molecule has 117 heavy (non-hydrogen) atoms. The number of benzene rings is 8. The molecule has 0 spiro atoms. The van der Waals surface area contributed by atoms with Crippen LogP contribution in [0.2, 0.25) is 0 Å². The molecule has 0 aliphatic carbocycles. The monoisotopic (exact) mass is 1610 g/mol. The quantitative estimate of drug-likeness (QED) is 0.0485. The van der Waals surface area contributed by atoms with Crippen molar-refractivity contribution in [2.75, 3.05) is 138 Å². The van der Waals surface area contributed by atoms with Crippen molar-refractivity contribution in [3.8, 4) is 97.7 Å². The minimum atomic E-state index is -0.488. The average Bonchev–Trinajstić information content (AvgIpc) is 1.75. The molecule has 5 atom stereocenters. The maximum Gasteiger partial charge on any atom is 0.231 e. The van der Waals surface area contributed by atoms with Crippen LogP contribution >= 0.6 is 0 Å². The first-order valence-electron chi connectivity index (χ1n) is 39.7. The molecule has 624 valence electrons. The molecule has 8 aromatic carbocycles. The Hall–Kier alpha value is -10.9. The fourth-order valence-corrected chi connectivity index (χ4v) is 16.9. The number of phenols is 1. The Bertz CT molecular complexity index is 4870. The summed E-state index contributed by atoms with van der Waals surface area (Å²) in [5, 5.41) is 20.6. The Morgan fingerprint density at radius 3 is 1.21 bits per heavy atom. The number of ketones is 3. The number of likely N-dealkylation sites (N-methyl/N-ethyl adjacent to an activating group) is 4. The predicted molar refractivity (Wildman–Crippen MR) is 435 cm³/mol. The summed E-state index contributed by atoms with van der Waals surface area (Å²) in [6, 6.07) is 33.3. The van der Waals surface area contributed by atoms with Crippen molar-refractivity contribution in [2.24, 2.45) is 0 Å². The summed E-state index contributed by atoms with van der Waals surface area (Å²) in [7, 11) is 21.1. The largest absolute Gasteiger partial charge is 0.504 e. The van der Waals surface area contributed by atoms with Crippen LogP contribution in [-0.4, -0.2) is 192 Å². The first-order chi connectivity index (χ1) is 56.7. The fraction of sp³-hybridized carbons (Fsp3) is 0.440. The molecule has 8 aliphatic rings. The molecular weight excluding hydrogens is 1500 g/mol. The summed E-state index contributed by atoms with van der Waals surface area (Å²) in [4.78, 5) is 47.4. The van der Waals surface area contributed by atoms with Crippen molar-refractivity contribution < 1.29 is 105 Å². The van der Waals surface area contributed by atoms with Crippen LogP contribution in [-0.2, 0) is 65.8 Å². The number of phenolic OH excluding ortho intramolecular Hbond substituents is 1.